The van der Waals surface area contributed by atoms with Crippen LogP contribution in [0.3, 0.4) is 0 Å². The number of aromatic nitrogens is 3. The smallest absolute Gasteiger partial charge is 0.166 e. The molecule has 9 heteroatoms. The van der Waals surface area contributed by atoms with Gasteiger partial charge in [0.2, 0.25) is 0 Å². The minimum atomic E-state index is -0.610. The van der Waals surface area contributed by atoms with Crippen LogP contribution in [0.4, 0.5) is 10.2 Å². The molecule has 8 nitrogen and oxygen atoms in total. The number of hydrogen-bond acceptors (Lipinski definition) is 7. The van der Waals surface area contributed by atoms with E-state index in [9.17, 15) is 9.65 Å². The summed E-state index contributed by atoms with van der Waals surface area (Å²) in [5.41, 5.74) is 9.25. The first-order chi connectivity index (χ1) is 14.9. The van der Waals surface area contributed by atoms with E-state index in [0.29, 0.717) is 33.7 Å². The minimum Gasteiger partial charge on any atom is -0.482 e. The van der Waals surface area contributed by atoms with Gasteiger partial charge in [-0.3, -0.25) is 5.41 Å². The first-order valence-electron chi connectivity index (χ1n) is 9.55. The number of nitrogens with one attached hydrogen (secondary N) is 2. The Bertz CT molecular complexity index is 1260. The number of fused-ring (bicyclic) bond motifs is 5. The van der Waals surface area contributed by atoms with Crippen LogP contribution in [0.25, 0.3) is 11.3 Å². The third-order valence-corrected chi connectivity index (χ3v) is 5.10. The number of pyridine rings is 1. The van der Waals surface area contributed by atoms with Crippen LogP contribution >= 0.6 is 0 Å². The first-order valence-corrected chi connectivity index (χ1v) is 9.55. The molecule has 3 heterocycles. The molecule has 4 N–H and O–H groups in total. The molecule has 1 atom stereocenters. The number of nitrogens with zero attached hydrogens (tertiary/aromatic N) is 4. The highest BCUT2D eigenvalue weighted by Crippen LogP contribution is 2.34. The number of nitrogen functional groups attached to an aromatic ring is 1. The molecule has 31 heavy (non-hydrogen) atoms. The van der Waals surface area contributed by atoms with Crippen molar-refractivity contribution in [1.82, 2.24) is 19.9 Å². The lowest BCUT2D eigenvalue weighted by Crippen LogP contribution is -2.18. The zero-order chi connectivity index (χ0) is 22.1. The minimum absolute atomic E-state index is 0.168. The monoisotopic (exact) mass is 417 g/mol. The summed E-state index contributed by atoms with van der Waals surface area (Å²) in [5, 5.41) is 21.4. The summed E-state index contributed by atoms with van der Waals surface area (Å²) in [6.45, 7) is 2.02. The maximum atomic E-state index is 14.1. The molecule has 0 fully saturated rings. The van der Waals surface area contributed by atoms with Gasteiger partial charge in [-0.2, -0.15) is 5.26 Å². The van der Waals surface area contributed by atoms with Crippen molar-refractivity contribution in [3.8, 4) is 23.1 Å². The van der Waals surface area contributed by atoms with Gasteiger partial charge in [0.25, 0.3) is 0 Å². The summed E-state index contributed by atoms with van der Waals surface area (Å²) in [4.78, 5) is 8.43. The van der Waals surface area contributed by atoms with Gasteiger partial charge in [-0.05, 0) is 31.2 Å². The van der Waals surface area contributed by atoms with E-state index < -0.39 is 11.9 Å². The Labute approximate surface area is 178 Å². The second-order valence-corrected chi connectivity index (χ2v) is 7.11. The van der Waals surface area contributed by atoms with Gasteiger partial charge in [0.1, 0.15) is 18.0 Å². The van der Waals surface area contributed by atoms with E-state index in [-0.39, 0.29) is 23.8 Å². The maximum Gasteiger partial charge on any atom is 0.166 e. The molecule has 1 aromatic carbocycles. The highest BCUT2D eigenvalue weighted by Gasteiger charge is 2.23. The number of imidazole rings is 1. The predicted molar refractivity (Wildman–Crippen MR) is 114 cm³/mol. The van der Waals surface area contributed by atoms with Crippen molar-refractivity contribution < 1.29 is 9.13 Å². The Hall–Kier alpha value is -4.19. The molecule has 1 aliphatic rings. The van der Waals surface area contributed by atoms with Gasteiger partial charge in [0, 0.05) is 41.7 Å². The van der Waals surface area contributed by atoms with Gasteiger partial charge < -0.3 is 20.4 Å². The van der Waals surface area contributed by atoms with E-state index in [1.54, 1.807) is 49.4 Å². The highest BCUT2D eigenvalue weighted by molar-refractivity contribution is 6.11. The average Bonchev–Trinajstić information content (AvgIpc) is 3.16. The van der Waals surface area contributed by atoms with Crippen LogP contribution < -0.4 is 15.8 Å². The molecular formula is C22H20FN7O. The number of hydrogen-bond donors (Lipinski definition) is 3. The molecule has 1 aliphatic heterocycles. The maximum absolute atomic E-state index is 14.1. The molecule has 2 bridgehead atoms. The van der Waals surface area contributed by atoms with Crippen molar-refractivity contribution in [2.45, 2.75) is 19.6 Å². The fourth-order valence-corrected chi connectivity index (χ4v) is 3.64. The van der Waals surface area contributed by atoms with Gasteiger partial charge in [0.05, 0.1) is 24.3 Å². The molecule has 0 saturated carbocycles. The Morgan fingerprint density at radius 3 is 2.94 bits per heavy atom. The lowest BCUT2D eigenvalue weighted by molar-refractivity contribution is 0.227. The van der Waals surface area contributed by atoms with Crippen LogP contribution in [0.5, 0.6) is 5.75 Å². The molecule has 0 aliphatic carbocycles. The van der Waals surface area contributed by atoms with Crippen molar-refractivity contribution in [1.29, 1.82) is 10.7 Å². The quantitative estimate of drug-likeness (QED) is 0.558. The largest absolute Gasteiger partial charge is 0.482 e. The summed E-state index contributed by atoms with van der Waals surface area (Å²) in [6.07, 6.45) is 4.19. The number of ether oxygens (including phenoxy) is 1. The van der Waals surface area contributed by atoms with Crippen molar-refractivity contribution in [2.75, 3.05) is 12.8 Å². The van der Waals surface area contributed by atoms with Crippen molar-refractivity contribution in [2.24, 2.45) is 0 Å². The first kappa shape index (κ1) is 20.1. The summed E-state index contributed by atoms with van der Waals surface area (Å²) >= 11 is 0. The van der Waals surface area contributed by atoms with E-state index in [1.807, 2.05) is 0 Å². The van der Waals surface area contributed by atoms with Gasteiger partial charge in [0.15, 0.2) is 17.3 Å². The zero-order valence-electron chi connectivity index (χ0n) is 17.0. The van der Waals surface area contributed by atoms with Crippen LogP contribution in [-0.2, 0) is 6.54 Å². The Kier molecular flexibility index (Phi) is 5.13. The normalized spacial score (nSPS) is 16.9. The summed E-state index contributed by atoms with van der Waals surface area (Å²) in [5.74, 6) is 0.0413. The van der Waals surface area contributed by atoms with Crippen LogP contribution in [0.15, 0.2) is 48.6 Å². The van der Waals surface area contributed by atoms with Crippen LogP contribution in [0.1, 0.15) is 29.8 Å². The fourth-order valence-electron chi connectivity index (χ4n) is 3.64. The molecule has 0 amide bonds. The molecule has 0 radical (unpaired) electrons. The number of anilines is 1. The Morgan fingerprint density at radius 1 is 1.39 bits per heavy atom. The molecule has 2 aromatic heterocycles. The lowest BCUT2D eigenvalue weighted by Gasteiger charge is -2.22. The highest BCUT2D eigenvalue weighted by atomic mass is 19.1. The molecule has 4 rings (SSSR count). The fraction of sp³-hybridized carbons (Fsp3) is 0.182. The van der Waals surface area contributed by atoms with Crippen molar-refractivity contribution in [3.05, 3.63) is 71.2 Å². The number of rotatable bonds is 1. The van der Waals surface area contributed by atoms with Crippen LogP contribution in [-0.4, -0.2) is 27.3 Å². The Morgan fingerprint density at radius 2 is 2.19 bits per heavy atom. The molecule has 1 unspecified atom stereocenters. The second-order valence-electron chi connectivity index (χ2n) is 7.11. The topological polar surface area (TPSA) is 126 Å². The van der Waals surface area contributed by atoms with Crippen LogP contribution in [0, 0.1) is 22.6 Å². The molecular weight excluding hydrogens is 397 g/mol. The SMILES string of the molecule is CN/C=C1/Cn2cnc(C#N)c2-c2cnc(N)c(c2)OC(C)c2cc(F)ccc2C1=N. The average molecular weight is 417 g/mol. The number of halogens is 1. The predicted octanol–water partition coefficient (Wildman–Crippen LogP) is 3.16. The van der Waals surface area contributed by atoms with Crippen LogP contribution in [0.2, 0.25) is 0 Å². The standard InChI is InChI=1S/C22H20FN7O/c1-12-17-6-15(23)3-4-16(17)20(25)14(8-27-2)10-30-11-29-18(7-24)21(30)13-5-19(31-12)22(26)28-9-13/h3-6,8-9,11-12,25,27H,10H2,1-2H3,(H2,26,28)/b14-8-,25-20?. The summed E-state index contributed by atoms with van der Waals surface area (Å²) < 4.78 is 21.9. The van der Waals surface area contributed by atoms with Crippen molar-refractivity contribution >= 4 is 11.5 Å². The third-order valence-electron chi connectivity index (χ3n) is 5.10. The van der Waals surface area contributed by atoms with E-state index >= 15 is 0 Å². The zero-order valence-corrected chi connectivity index (χ0v) is 17.0. The van der Waals surface area contributed by atoms with E-state index in [2.05, 4.69) is 21.4 Å². The van der Waals surface area contributed by atoms with Gasteiger partial charge in [-0.25, -0.2) is 14.4 Å². The van der Waals surface area contributed by atoms with E-state index in [1.165, 1.54) is 12.1 Å². The van der Waals surface area contributed by atoms with Gasteiger partial charge in [-0.1, -0.05) is 0 Å². The summed E-state index contributed by atoms with van der Waals surface area (Å²) in [7, 11) is 1.74. The van der Waals surface area contributed by atoms with E-state index in [0.717, 1.165) is 0 Å². The molecule has 0 saturated heterocycles. The number of allylic oxidation sites excluding steroid dienone is 1. The van der Waals surface area contributed by atoms with Gasteiger partial charge >= 0.3 is 0 Å². The van der Waals surface area contributed by atoms with Crippen molar-refractivity contribution in [3.63, 3.8) is 0 Å². The molecule has 3 aromatic rings. The number of nitrogens with two attached hydrogens (primary N) is 1. The second kappa shape index (κ2) is 7.91. The van der Waals surface area contributed by atoms with E-state index in [4.69, 9.17) is 15.9 Å². The number of benzene rings is 1. The third kappa shape index (κ3) is 3.59. The Balaban J connectivity index is 2.00. The molecule has 156 valence electrons. The van der Waals surface area contributed by atoms with Gasteiger partial charge in [-0.15, -0.1) is 0 Å². The lowest BCUT2D eigenvalue weighted by atomic mass is 9.94. The molecule has 0 spiro atoms. The number of nitriles is 1. The summed E-state index contributed by atoms with van der Waals surface area (Å²) in [6, 6.07) is 8.04.